The van der Waals surface area contributed by atoms with Gasteiger partial charge in [-0.3, -0.25) is 9.59 Å². The molecule has 2 aromatic heterocycles. The van der Waals surface area contributed by atoms with Gasteiger partial charge in [-0.15, -0.1) is 0 Å². The van der Waals surface area contributed by atoms with Crippen LogP contribution in [-0.4, -0.2) is 63.4 Å². The highest BCUT2D eigenvalue weighted by molar-refractivity contribution is 5.99. The SMILES string of the molecule is CN(C)C(=O)c1cnn2c([C@@H]3CCN(C(=O)C(C)(C)C)C3)ccnc12. The monoisotopic (exact) mass is 343 g/mol. The van der Waals surface area contributed by atoms with Gasteiger partial charge in [-0.25, -0.2) is 9.50 Å². The zero-order valence-corrected chi connectivity index (χ0v) is 15.5. The van der Waals surface area contributed by atoms with Gasteiger partial charge in [0.05, 0.1) is 11.9 Å². The number of hydrogen-bond acceptors (Lipinski definition) is 4. The highest BCUT2D eigenvalue weighted by Gasteiger charge is 2.34. The molecule has 134 valence electrons. The summed E-state index contributed by atoms with van der Waals surface area (Å²) >= 11 is 0. The third-order valence-corrected chi connectivity index (χ3v) is 4.60. The summed E-state index contributed by atoms with van der Waals surface area (Å²) in [4.78, 5) is 32.6. The first-order valence-electron chi connectivity index (χ1n) is 8.54. The molecule has 3 heterocycles. The molecule has 2 aromatic rings. The van der Waals surface area contributed by atoms with Crippen molar-refractivity contribution >= 4 is 17.5 Å². The molecule has 1 atom stereocenters. The fourth-order valence-electron chi connectivity index (χ4n) is 3.27. The van der Waals surface area contributed by atoms with Gasteiger partial charge < -0.3 is 9.80 Å². The minimum absolute atomic E-state index is 0.115. The first-order chi connectivity index (χ1) is 11.7. The molecule has 3 rings (SSSR count). The Bertz CT molecular complexity index is 818. The number of fused-ring (bicyclic) bond motifs is 1. The number of likely N-dealkylation sites (tertiary alicyclic amines) is 1. The van der Waals surface area contributed by atoms with Crippen LogP contribution in [0.4, 0.5) is 0 Å². The molecule has 1 fully saturated rings. The predicted octanol–water partition coefficient (Wildman–Crippen LogP) is 1.79. The third kappa shape index (κ3) is 3.10. The molecular weight excluding hydrogens is 318 g/mol. The van der Waals surface area contributed by atoms with Gasteiger partial charge in [-0.1, -0.05) is 20.8 Å². The Morgan fingerprint density at radius 1 is 1.28 bits per heavy atom. The summed E-state index contributed by atoms with van der Waals surface area (Å²) in [5.41, 5.74) is 1.68. The summed E-state index contributed by atoms with van der Waals surface area (Å²) in [5.74, 6) is 0.249. The molecule has 1 saturated heterocycles. The first-order valence-corrected chi connectivity index (χ1v) is 8.54. The van der Waals surface area contributed by atoms with Crippen molar-refractivity contribution in [3.8, 4) is 0 Å². The van der Waals surface area contributed by atoms with E-state index in [4.69, 9.17) is 0 Å². The lowest BCUT2D eigenvalue weighted by Gasteiger charge is -2.25. The van der Waals surface area contributed by atoms with Gasteiger partial charge in [0.15, 0.2) is 5.65 Å². The van der Waals surface area contributed by atoms with E-state index in [1.54, 1.807) is 31.0 Å². The van der Waals surface area contributed by atoms with E-state index in [0.29, 0.717) is 17.8 Å². The molecule has 0 bridgehead atoms. The summed E-state index contributed by atoms with van der Waals surface area (Å²) < 4.78 is 1.74. The quantitative estimate of drug-likeness (QED) is 0.833. The molecule has 0 aliphatic carbocycles. The highest BCUT2D eigenvalue weighted by atomic mass is 16.2. The molecule has 0 radical (unpaired) electrons. The lowest BCUT2D eigenvalue weighted by molar-refractivity contribution is -0.138. The van der Waals surface area contributed by atoms with Crippen LogP contribution in [0, 0.1) is 5.41 Å². The van der Waals surface area contributed by atoms with Gasteiger partial charge in [0, 0.05) is 44.7 Å². The van der Waals surface area contributed by atoms with Crippen molar-refractivity contribution < 1.29 is 9.59 Å². The predicted molar refractivity (Wildman–Crippen MR) is 94.4 cm³/mol. The van der Waals surface area contributed by atoms with E-state index in [1.807, 2.05) is 31.7 Å². The zero-order chi connectivity index (χ0) is 18.4. The number of nitrogens with zero attached hydrogens (tertiary/aromatic N) is 5. The van der Waals surface area contributed by atoms with Crippen LogP contribution in [0.5, 0.6) is 0 Å². The van der Waals surface area contributed by atoms with Gasteiger partial charge >= 0.3 is 0 Å². The Morgan fingerprint density at radius 3 is 2.64 bits per heavy atom. The normalized spacial score (nSPS) is 18.0. The van der Waals surface area contributed by atoms with Crippen molar-refractivity contribution in [3.05, 3.63) is 29.7 Å². The first kappa shape index (κ1) is 17.4. The summed E-state index contributed by atoms with van der Waals surface area (Å²) in [6.45, 7) is 7.25. The van der Waals surface area contributed by atoms with E-state index < -0.39 is 0 Å². The number of amides is 2. The molecule has 0 saturated carbocycles. The van der Waals surface area contributed by atoms with E-state index in [9.17, 15) is 9.59 Å². The maximum Gasteiger partial charge on any atom is 0.258 e. The fourth-order valence-corrected chi connectivity index (χ4v) is 3.27. The van der Waals surface area contributed by atoms with E-state index >= 15 is 0 Å². The van der Waals surface area contributed by atoms with E-state index in [2.05, 4.69) is 10.1 Å². The molecule has 0 unspecified atom stereocenters. The molecule has 0 spiro atoms. The van der Waals surface area contributed by atoms with Gasteiger partial charge in [0.1, 0.15) is 5.56 Å². The molecular formula is C18H25N5O2. The Morgan fingerprint density at radius 2 is 2.00 bits per heavy atom. The van der Waals surface area contributed by atoms with Crippen LogP contribution in [0.25, 0.3) is 5.65 Å². The summed E-state index contributed by atoms with van der Waals surface area (Å²) in [5, 5.41) is 4.39. The second-order valence-electron chi connectivity index (χ2n) is 7.85. The second kappa shape index (κ2) is 6.13. The van der Waals surface area contributed by atoms with Crippen molar-refractivity contribution in [2.75, 3.05) is 27.2 Å². The Kier molecular flexibility index (Phi) is 4.26. The third-order valence-electron chi connectivity index (χ3n) is 4.60. The summed E-state index contributed by atoms with van der Waals surface area (Å²) in [7, 11) is 3.42. The number of hydrogen-bond donors (Lipinski definition) is 0. The smallest absolute Gasteiger partial charge is 0.258 e. The second-order valence-corrected chi connectivity index (χ2v) is 7.85. The summed E-state index contributed by atoms with van der Waals surface area (Å²) in [6.07, 6.45) is 4.17. The molecule has 7 heteroatoms. The molecule has 1 aliphatic rings. The Labute approximate surface area is 147 Å². The van der Waals surface area contributed by atoms with Gasteiger partial charge in [0.25, 0.3) is 5.91 Å². The molecule has 25 heavy (non-hydrogen) atoms. The zero-order valence-electron chi connectivity index (χ0n) is 15.5. The maximum absolute atomic E-state index is 12.5. The van der Waals surface area contributed by atoms with E-state index in [0.717, 1.165) is 18.7 Å². The lowest BCUT2D eigenvalue weighted by atomic mass is 9.95. The van der Waals surface area contributed by atoms with E-state index in [1.165, 1.54) is 4.90 Å². The average Bonchev–Trinajstić information content (AvgIpc) is 3.19. The van der Waals surface area contributed by atoms with Crippen LogP contribution in [0.3, 0.4) is 0 Å². The topological polar surface area (TPSA) is 70.8 Å². The van der Waals surface area contributed by atoms with Crippen LogP contribution in [0.2, 0.25) is 0 Å². The fraction of sp³-hybridized carbons (Fsp3) is 0.556. The maximum atomic E-state index is 12.5. The number of rotatable bonds is 2. The van der Waals surface area contributed by atoms with Crippen molar-refractivity contribution in [3.63, 3.8) is 0 Å². The highest BCUT2D eigenvalue weighted by Crippen LogP contribution is 2.30. The minimum atomic E-state index is -0.376. The van der Waals surface area contributed by atoms with Gasteiger partial charge in [0.2, 0.25) is 5.91 Å². The molecule has 0 aromatic carbocycles. The van der Waals surface area contributed by atoms with Crippen molar-refractivity contribution in [2.45, 2.75) is 33.1 Å². The number of carbonyl (C=O) groups excluding carboxylic acids is 2. The van der Waals surface area contributed by atoms with E-state index in [-0.39, 0.29) is 23.1 Å². The molecule has 0 N–H and O–H groups in total. The van der Waals surface area contributed by atoms with Crippen LogP contribution in [0.1, 0.15) is 49.2 Å². The standard InChI is InChI=1S/C18H25N5O2/c1-18(2,3)17(25)22-9-7-12(11-22)14-6-8-19-15-13(10-20-23(14)15)16(24)21(4)5/h6,8,10,12H,7,9,11H2,1-5H3/t12-/m1/s1. The lowest BCUT2D eigenvalue weighted by Crippen LogP contribution is -2.37. The van der Waals surface area contributed by atoms with Crippen molar-refractivity contribution in [2.24, 2.45) is 5.41 Å². The van der Waals surface area contributed by atoms with Gasteiger partial charge in [-0.05, 0) is 12.5 Å². The number of carbonyl (C=O) groups is 2. The molecule has 7 nitrogen and oxygen atoms in total. The van der Waals surface area contributed by atoms with Crippen LogP contribution in [-0.2, 0) is 4.79 Å². The average molecular weight is 343 g/mol. The van der Waals surface area contributed by atoms with Crippen molar-refractivity contribution in [1.82, 2.24) is 24.4 Å². The minimum Gasteiger partial charge on any atom is -0.345 e. The Balaban J connectivity index is 1.91. The number of aromatic nitrogens is 3. The van der Waals surface area contributed by atoms with Gasteiger partial charge in [-0.2, -0.15) is 5.10 Å². The van der Waals surface area contributed by atoms with Crippen LogP contribution >= 0.6 is 0 Å². The van der Waals surface area contributed by atoms with Crippen molar-refractivity contribution in [1.29, 1.82) is 0 Å². The largest absolute Gasteiger partial charge is 0.345 e. The van der Waals surface area contributed by atoms with Crippen LogP contribution < -0.4 is 0 Å². The molecule has 1 aliphatic heterocycles. The molecule has 2 amide bonds. The summed E-state index contributed by atoms with van der Waals surface area (Å²) in [6, 6.07) is 1.93. The Hall–Kier alpha value is -2.44. The van der Waals surface area contributed by atoms with Crippen LogP contribution in [0.15, 0.2) is 18.5 Å².